The molecule has 1 rings (SSSR count). The molecule has 1 aromatic carbocycles. The van der Waals surface area contributed by atoms with Gasteiger partial charge in [-0.15, -0.1) is 11.6 Å². The van der Waals surface area contributed by atoms with Crippen molar-refractivity contribution in [1.82, 2.24) is 0 Å². The van der Waals surface area contributed by atoms with Gasteiger partial charge in [0, 0.05) is 5.38 Å². The second-order valence-corrected chi connectivity index (χ2v) is 5.58. The highest BCUT2D eigenvalue weighted by molar-refractivity contribution is 6.20. The van der Waals surface area contributed by atoms with E-state index in [0.29, 0.717) is 18.3 Å². The lowest BCUT2D eigenvalue weighted by Crippen LogP contribution is -2.19. The van der Waals surface area contributed by atoms with E-state index in [4.69, 9.17) is 11.6 Å². The second kappa shape index (κ2) is 5.96. The summed E-state index contributed by atoms with van der Waals surface area (Å²) in [4.78, 5) is 0. The molecular weight excluding hydrogens is 261 g/mol. The van der Waals surface area contributed by atoms with E-state index >= 15 is 0 Å². The molecular formula is C14H18ClF3. The van der Waals surface area contributed by atoms with Crippen LogP contribution in [0.25, 0.3) is 0 Å². The van der Waals surface area contributed by atoms with Crippen LogP contribution in [0.5, 0.6) is 0 Å². The van der Waals surface area contributed by atoms with E-state index in [1.165, 1.54) is 12.1 Å². The Morgan fingerprint density at radius 3 is 1.94 bits per heavy atom. The van der Waals surface area contributed by atoms with Gasteiger partial charge >= 0.3 is 6.18 Å². The predicted octanol–water partition coefficient (Wildman–Crippen LogP) is 5.15. The van der Waals surface area contributed by atoms with Gasteiger partial charge in [0.1, 0.15) is 0 Å². The Morgan fingerprint density at radius 1 is 1.06 bits per heavy atom. The zero-order valence-electron chi connectivity index (χ0n) is 10.8. The molecule has 0 aromatic heterocycles. The summed E-state index contributed by atoms with van der Waals surface area (Å²) in [6.07, 6.45) is -3.68. The van der Waals surface area contributed by atoms with Gasteiger partial charge in [-0.2, -0.15) is 13.2 Å². The lowest BCUT2D eigenvalue weighted by Gasteiger charge is -2.21. The Labute approximate surface area is 111 Å². The quantitative estimate of drug-likeness (QED) is 0.668. The third kappa shape index (κ3) is 4.20. The molecule has 1 aromatic rings. The first-order valence-corrected chi connectivity index (χ1v) is 6.45. The average Bonchev–Trinajstić information content (AvgIpc) is 2.27. The molecule has 0 saturated heterocycles. The van der Waals surface area contributed by atoms with Crippen LogP contribution in [0.15, 0.2) is 24.3 Å². The van der Waals surface area contributed by atoms with E-state index in [-0.39, 0.29) is 5.38 Å². The largest absolute Gasteiger partial charge is 0.416 e. The van der Waals surface area contributed by atoms with Gasteiger partial charge in [0.15, 0.2) is 0 Å². The van der Waals surface area contributed by atoms with E-state index in [9.17, 15) is 13.2 Å². The molecule has 0 N–H and O–H groups in total. The van der Waals surface area contributed by atoms with Gasteiger partial charge in [-0.25, -0.2) is 0 Å². The fourth-order valence-corrected chi connectivity index (χ4v) is 2.13. The first-order chi connectivity index (χ1) is 8.21. The normalized spacial score (nSPS) is 15.8. The van der Waals surface area contributed by atoms with Crippen molar-refractivity contribution in [2.75, 3.05) is 0 Å². The van der Waals surface area contributed by atoms with Crippen LogP contribution in [-0.4, -0.2) is 5.38 Å². The fourth-order valence-electron chi connectivity index (χ4n) is 1.66. The topological polar surface area (TPSA) is 0 Å². The maximum Gasteiger partial charge on any atom is 0.416 e. The Morgan fingerprint density at radius 2 is 1.56 bits per heavy atom. The molecule has 0 spiro atoms. The Bertz CT molecular complexity index is 368. The molecule has 0 nitrogen and oxygen atoms in total. The molecule has 0 radical (unpaired) electrons. The summed E-state index contributed by atoms with van der Waals surface area (Å²) < 4.78 is 37.2. The minimum absolute atomic E-state index is 0.0539. The van der Waals surface area contributed by atoms with Crippen molar-refractivity contribution >= 4 is 11.6 Å². The maximum atomic E-state index is 12.4. The highest BCUT2D eigenvalue weighted by Crippen LogP contribution is 2.30. The highest BCUT2D eigenvalue weighted by atomic mass is 35.5. The van der Waals surface area contributed by atoms with Crippen LogP contribution in [0, 0.1) is 11.8 Å². The number of rotatable bonds is 4. The smallest absolute Gasteiger partial charge is 0.166 e. The number of alkyl halides is 4. The van der Waals surface area contributed by atoms with Gasteiger partial charge in [0.05, 0.1) is 5.56 Å². The second-order valence-electron chi connectivity index (χ2n) is 5.02. The number of hydrogen-bond donors (Lipinski definition) is 0. The summed E-state index contributed by atoms with van der Waals surface area (Å²) >= 11 is 6.27. The molecule has 18 heavy (non-hydrogen) atoms. The van der Waals surface area contributed by atoms with Crippen LogP contribution in [-0.2, 0) is 12.6 Å². The van der Waals surface area contributed by atoms with Crippen molar-refractivity contribution in [3.05, 3.63) is 35.4 Å². The SMILES string of the molecule is CC(C)C(C)C(Cl)Cc1ccc(C(F)(F)F)cc1. The maximum absolute atomic E-state index is 12.4. The molecule has 102 valence electrons. The molecule has 4 heteroatoms. The predicted molar refractivity (Wildman–Crippen MR) is 68.8 cm³/mol. The zero-order valence-corrected chi connectivity index (χ0v) is 11.5. The van der Waals surface area contributed by atoms with Crippen molar-refractivity contribution in [3.8, 4) is 0 Å². The Kier molecular flexibility index (Phi) is 5.09. The Balaban J connectivity index is 2.70. The van der Waals surface area contributed by atoms with Crippen LogP contribution in [0.1, 0.15) is 31.9 Å². The van der Waals surface area contributed by atoms with Gasteiger partial charge in [-0.3, -0.25) is 0 Å². The molecule has 0 aliphatic rings. The molecule has 0 bridgehead atoms. The zero-order chi connectivity index (χ0) is 13.9. The summed E-state index contributed by atoms with van der Waals surface area (Å²) in [7, 11) is 0. The van der Waals surface area contributed by atoms with E-state index < -0.39 is 11.7 Å². The third-order valence-electron chi connectivity index (χ3n) is 3.33. The van der Waals surface area contributed by atoms with Crippen LogP contribution >= 0.6 is 11.6 Å². The monoisotopic (exact) mass is 278 g/mol. The summed E-state index contributed by atoms with van der Waals surface area (Å²) in [5.74, 6) is 0.788. The summed E-state index contributed by atoms with van der Waals surface area (Å²) in [5, 5.41) is -0.0539. The summed E-state index contributed by atoms with van der Waals surface area (Å²) in [6, 6.07) is 5.23. The van der Waals surface area contributed by atoms with Gasteiger partial charge in [0.2, 0.25) is 0 Å². The molecule has 0 heterocycles. The lowest BCUT2D eigenvalue weighted by atomic mass is 9.91. The lowest BCUT2D eigenvalue weighted by molar-refractivity contribution is -0.137. The van der Waals surface area contributed by atoms with Crippen LogP contribution in [0.2, 0.25) is 0 Å². The number of hydrogen-bond acceptors (Lipinski definition) is 0. The third-order valence-corrected chi connectivity index (χ3v) is 3.89. The fraction of sp³-hybridized carbons (Fsp3) is 0.571. The summed E-state index contributed by atoms with van der Waals surface area (Å²) in [5.41, 5.74) is 0.227. The standard InChI is InChI=1S/C14H18ClF3/c1-9(2)10(3)13(15)8-11-4-6-12(7-5-11)14(16,17)18/h4-7,9-10,13H,8H2,1-3H3. The molecule has 0 aliphatic heterocycles. The van der Waals surface area contributed by atoms with Crippen molar-refractivity contribution in [3.63, 3.8) is 0 Å². The van der Waals surface area contributed by atoms with E-state index in [2.05, 4.69) is 20.8 Å². The average molecular weight is 279 g/mol. The minimum Gasteiger partial charge on any atom is -0.166 e. The number of halogens is 4. The van der Waals surface area contributed by atoms with E-state index in [1.807, 2.05) is 0 Å². The molecule has 0 aliphatic carbocycles. The van der Waals surface area contributed by atoms with Crippen molar-refractivity contribution in [1.29, 1.82) is 0 Å². The first kappa shape index (κ1) is 15.4. The first-order valence-electron chi connectivity index (χ1n) is 6.02. The van der Waals surface area contributed by atoms with Crippen LogP contribution in [0.3, 0.4) is 0 Å². The number of benzene rings is 1. The molecule has 0 amide bonds. The van der Waals surface area contributed by atoms with Crippen LogP contribution in [0.4, 0.5) is 13.2 Å². The molecule has 2 unspecified atom stereocenters. The van der Waals surface area contributed by atoms with Crippen molar-refractivity contribution < 1.29 is 13.2 Å². The Hall–Kier alpha value is -0.700. The van der Waals surface area contributed by atoms with Crippen molar-refractivity contribution in [2.45, 2.75) is 38.7 Å². The molecule has 0 saturated carbocycles. The van der Waals surface area contributed by atoms with Crippen LogP contribution < -0.4 is 0 Å². The minimum atomic E-state index is -4.27. The van der Waals surface area contributed by atoms with Gasteiger partial charge in [-0.1, -0.05) is 32.9 Å². The van der Waals surface area contributed by atoms with Crippen molar-refractivity contribution in [2.24, 2.45) is 11.8 Å². The van der Waals surface area contributed by atoms with E-state index in [0.717, 1.165) is 17.7 Å². The van der Waals surface area contributed by atoms with Gasteiger partial charge in [0.25, 0.3) is 0 Å². The van der Waals surface area contributed by atoms with Gasteiger partial charge in [-0.05, 0) is 36.0 Å². The van der Waals surface area contributed by atoms with Gasteiger partial charge < -0.3 is 0 Å². The highest BCUT2D eigenvalue weighted by Gasteiger charge is 2.30. The molecule has 0 fully saturated rings. The van der Waals surface area contributed by atoms with E-state index in [1.54, 1.807) is 0 Å². The summed E-state index contributed by atoms with van der Waals surface area (Å²) in [6.45, 7) is 6.24. The molecule has 2 atom stereocenters.